The van der Waals surface area contributed by atoms with Crippen molar-refractivity contribution in [3.63, 3.8) is 0 Å². The van der Waals surface area contributed by atoms with Crippen LogP contribution < -0.4 is 0 Å². The largest absolute Gasteiger partial charge is 0.297 e. The number of nitrogens with zero attached hydrogens (tertiary/aromatic N) is 1. The predicted octanol–water partition coefficient (Wildman–Crippen LogP) is 3.85. The van der Waals surface area contributed by atoms with Crippen molar-refractivity contribution in [3.05, 3.63) is 12.7 Å². The van der Waals surface area contributed by atoms with Crippen LogP contribution in [0, 0.1) is 0 Å². The molecule has 0 aromatic rings. The first-order valence-electron chi connectivity index (χ1n) is 6.16. The van der Waals surface area contributed by atoms with Gasteiger partial charge in [-0.1, -0.05) is 39.7 Å². The lowest BCUT2D eigenvalue weighted by molar-refractivity contribution is 0.218. The number of hydrogen-bond acceptors (Lipinski definition) is 1. The van der Waals surface area contributed by atoms with Crippen molar-refractivity contribution in [2.45, 2.75) is 58.9 Å². The van der Waals surface area contributed by atoms with Gasteiger partial charge in [-0.15, -0.1) is 6.58 Å². The Kier molecular flexibility index (Phi) is 9.06. The molecule has 14 heavy (non-hydrogen) atoms. The monoisotopic (exact) mass is 197 g/mol. The van der Waals surface area contributed by atoms with Gasteiger partial charge in [0, 0.05) is 6.04 Å². The van der Waals surface area contributed by atoms with E-state index in [1.54, 1.807) is 0 Å². The first kappa shape index (κ1) is 13.7. The van der Waals surface area contributed by atoms with Crippen LogP contribution in [0.25, 0.3) is 0 Å². The molecule has 1 unspecified atom stereocenters. The van der Waals surface area contributed by atoms with E-state index in [0.717, 1.165) is 0 Å². The van der Waals surface area contributed by atoms with Gasteiger partial charge < -0.3 is 0 Å². The first-order chi connectivity index (χ1) is 6.79. The lowest BCUT2D eigenvalue weighted by Gasteiger charge is -2.28. The molecule has 0 spiro atoms. The Morgan fingerprint density at radius 1 is 1.07 bits per heavy atom. The molecular formula is C13H27N. The second kappa shape index (κ2) is 9.26. The number of unbranched alkanes of at least 4 members (excludes halogenated alkanes) is 2. The topological polar surface area (TPSA) is 3.24 Å². The van der Waals surface area contributed by atoms with Crippen LogP contribution in [0.15, 0.2) is 12.7 Å². The third-order valence-electron chi connectivity index (χ3n) is 2.76. The predicted molar refractivity (Wildman–Crippen MR) is 65.7 cm³/mol. The summed E-state index contributed by atoms with van der Waals surface area (Å²) in [5, 5.41) is 0. The quantitative estimate of drug-likeness (QED) is 0.507. The normalized spacial score (nSPS) is 13.1. The molecule has 0 aliphatic carbocycles. The molecule has 0 saturated carbocycles. The van der Waals surface area contributed by atoms with E-state index in [9.17, 15) is 0 Å². The fraction of sp³-hybridized carbons (Fsp3) is 0.846. The van der Waals surface area contributed by atoms with Gasteiger partial charge in [-0.05, 0) is 32.4 Å². The average Bonchev–Trinajstić information content (AvgIpc) is 2.22. The molecule has 0 aromatic carbocycles. The summed E-state index contributed by atoms with van der Waals surface area (Å²) in [6.07, 6.45) is 8.50. The van der Waals surface area contributed by atoms with Crippen LogP contribution >= 0.6 is 0 Å². The molecule has 1 heteroatoms. The van der Waals surface area contributed by atoms with E-state index >= 15 is 0 Å². The van der Waals surface area contributed by atoms with Crippen LogP contribution in [-0.2, 0) is 0 Å². The minimum atomic E-state index is 0.591. The highest BCUT2D eigenvalue weighted by atomic mass is 15.1. The Bertz CT molecular complexity index is 123. The highest BCUT2D eigenvalue weighted by molar-refractivity contribution is 4.86. The zero-order chi connectivity index (χ0) is 10.8. The third-order valence-corrected chi connectivity index (χ3v) is 2.76. The van der Waals surface area contributed by atoms with Gasteiger partial charge >= 0.3 is 0 Å². The lowest BCUT2D eigenvalue weighted by atomic mass is 10.1. The molecule has 0 bridgehead atoms. The van der Waals surface area contributed by atoms with Gasteiger partial charge in [0.1, 0.15) is 0 Å². The van der Waals surface area contributed by atoms with Gasteiger partial charge in [-0.2, -0.15) is 0 Å². The maximum atomic E-state index is 3.93. The Labute approximate surface area is 90.2 Å². The van der Waals surface area contributed by atoms with Crippen molar-refractivity contribution < 1.29 is 0 Å². The van der Waals surface area contributed by atoms with Gasteiger partial charge in [0.2, 0.25) is 0 Å². The van der Waals surface area contributed by atoms with E-state index in [4.69, 9.17) is 0 Å². The van der Waals surface area contributed by atoms with Crippen LogP contribution in [0.2, 0.25) is 0 Å². The smallest absolute Gasteiger partial charge is 0.0272 e. The molecule has 0 heterocycles. The Morgan fingerprint density at radius 3 is 1.86 bits per heavy atom. The molecule has 0 N–H and O–H groups in total. The molecule has 0 radical (unpaired) electrons. The van der Waals surface area contributed by atoms with Gasteiger partial charge in [0.25, 0.3) is 0 Å². The van der Waals surface area contributed by atoms with Crippen molar-refractivity contribution in [2.24, 2.45) is 0 Å². The van der Waals surface area contributed by atoms with E-state index in [-0.39, 0.29) is 0 Å². The van der Waals surface area contributed by atoms with Gasteiger partial charge in [0.05, 0.1) is 0 Å². The molecule has 0 amide bonds. The summed E-state index contributed by atoms with van der Waals surface area (Å²) in [6.45, 7) is 13.2. The highest BCUT2D eigenvalue weighted by Gasteiger charge is 2.11. The second-order valence-corrected chi connectivity index (χ2v) is 3.95. The SMILES string of the molecule is C=CC(CC)N(CCCC)CCCC. The van der Waals surface area contributed by atoms with Crippen LogP contribution in [0.5, 0.6) is 0 Å². The zero-order valence-corrected chi connectivity index (χ0v) is 10.3. The van der Waals surface area contributed by atoms with Crippen molar-refractivity contribution in [3.8, 4) is 0 Å². The van der Waals surface area contributed by atoms with Crippen LogP contribution in [0.4, 0.5) is 0 Å². The van der Waals surface area contributed by atoms with E-state index in [1.807, 2.05) is 0 Å². The minimum absolute atomic E-state index is 0.591. The van der Waals surface area contributed by atoms with Crippen molar-refractivity contribution in [1.29, 1.82) is 0 Å². The Balaban J connectivity index is 3.98. The molecule has 0 fully saturated rings. The minimum Gasteiger partial charge on any atom is -0.297 e. The second-order valence-electron chi connectivity index (χ2n) is 3.95. The maximum Gasteiger partial charge on any atom is 0.0272 e. The molecule has 0 aromatic heterocycles. The molecule has 0 aliphatic rings. The molecule has 0 rings (SSSR count). The van der Waals surface area contributed by atoms with Gasteiger partial charge in [-0.3, -0.25) is 4.90 Å². The van der Waals surface area contributed by atoms with Gasteiger partial charge in [-0.25, -0.2) is 0 Å². The Hall–Kier alpha value is -0.300. The lowest BCUT2D eigenvalue weighted by Crippen LogP contribution is -2.35. The van der Waals surface area contributed by atoms with Crippen LogP contribution in [-0.4, -0.2) is 24.0 Å². The zero-order valence-electron chi connectivity index (χ0n) is 10.3. The van der Waals surface area contributed by atoms with Crippen molar-refractivity contribution >= 4 is 0 Å². The summed E-state index contributed by atoms with van der Waals surface area (Å²) in [4.78, 5) is 2.58. The summed E-state index contributed by atoms with van der Waals surface area (Å²) in [6, 6.07) is 0.591. The summed E-state index contributed by atoms with van der Waals surface area (Å²) < 4.78 is 0. The van der Waals surface area contributed by atoms with E-state index < -0.39 is 0 Å². The number of hydrogen-bond donors (Lipinski definition) is 0. The van der Waals surface area contributed by atoms with Crippen molar-refractivity contribution in [2.75, 3.05) is 13.1 Å². The van der Waals surface area contributed by atoms with Crippen LogP contribution in [0.3, 0.4) is 0 Å². The van der Waals surface area contributed by atoms with E-state index in [1.165, 1.54) is 45.2 Å². The molecule has 1 atom stereocenters. The number of rotatable bonds is 9. The van der Waals surface area contributed by atoms with E-state index in [2.05, 4.69) is 38.3 Å². The van der Waals surface area contributed by atoms with Crippen molar-refractivity contribution in [1.82, 2.24) is 4.90 Å². The standard InChI is InChI=1S/C13H27N/c1-5-9-11-14(12-10-6-2)13(7-3)8-4/h7,13H,3,5-6,8-12H2,1-2,4H3. The summed E-state index contributed by atoms with van der Waals surface area (Å²) in [7, 11) is 0. The fourth-order valence-corrected chi connectivity index (χ4v) is 1.74. The highest BCUT2D eigenvalue weighted by Crippen LogP contribution is 2.08. The summed E-state index contributed by atoms with van der Waals surface area (Å²) >= 11 is 0. The Morgan fingerprint density at radius 2 is 1.57 bits per heavy atom. The van der Waals surface area contributed by atoms with E-state index in [0.29, 0.717) is 6.04 Å². The summed E-state index contributed by atoms with van der Waals surface area (Å²) in [5.41, 5.74) is 0. The molecular weight excluding hydrogens is 170 g/mol. The first-order valence-corrected chi connectivity index (χ1v) is 6.16. The molecule has 84 valence electrons. The summed E-state index contributed by atoms with van der Waals surface area (Å²) in [5.74, 6) is 0. The third kappa shape index (κ3) is 5.43. The maximum absolute atomic E-state index is 3.93. The van der Waals surface area contributed by atoms with Gasteiger partial charge in [0.15, 0.2) is 0 Å². The molecule has 1 nitrogen and oxygen atoms in total. The molecule has 0 aliphatic heterocycles. The fourth-order valence-electron chi connectivity index (χ4n) is 1.74. The average molecular weight is 197 g/mol. The molecule has 0 saturated heterocycles. The van der Waals surface area contributed by atoms with Crippen LogP contribution in [0.1, 0.15) is 52.9 Å².